The van der Waals surface area contributed by atoms with E-state index in [1.165, 1.54) is 0 Å². The minimum absolute atomic E-state index is 0.0208. The standard InChI is InChI=1S/C11H18O3/c1-5-7-9-10(8(6-2)12-7)14-11(3,4)13-9/h5,7-10H,1,6H2,2-4H3/t7-,8+,9-,10+/m1/s1. The van der Waals surface area contributed by atoms with Crippen molar-refractivity contribution in [1.82, 2.24) is 0 Å². The van der Waals surface area contributed by atoms with Crippen molar-refractivity contribution in [2.75, 3.05) is 0 Å². The van der Waals surface area contributed by atoms with Crippen LogP contribution in [0.1, 0.15) is 27.2 Å². The molecule has 0 aromatic heterocycles. The maximum absolute atomic E-state index is 5.81. The van der Waals surface area contributed by atoms with Crippen LogP contribution in [0.3, 0.4) is 0 Å². The van der Waals surface area contributed by atoms with Gasteiger partial charge in [-0.05, 0) is 20.3 Å². The Labute approximate surface area is 85.0 Å². The predicted molar refractivity (Wildman–Crippen MR) is 53.0 cm³/mol. The van der Waals surface area contributed by atoms with Crippen LogP contribution < -0.4 is 0 Å². The monoisotopic (exact) mass is 198 g/mol. The lowest BCUT2D eigenvalue weighted by atomic mass is 10.1. The highest BCUT2D eigenvalue weighted by molar-refractivity contribution is 5.03. The van der Waals surface area contributed by atoms with Gasteiger partial charge in [-0.1, -0.05) is 13.0 Å². The fourth-order valence-electron chi connectivity index (χ4n) is 2.23. The minimum Gasteiger partial charge on any atom is -0.365 e. The van der Waals surface area contributed by atoms with Crippen LogP contribution in [0, 0.1) is 0 Å². The number of hydrogen-bond acceptors (Lipinski definition) is 3. The van der Waals surface area contributed by atoms with E-state index in [1.807, 2.05) is 13.8 Å². The summed E-state index contributed by atoms with van der Waals surface area (Å²) in [7, 11) is 0. The van der Waals surface area contributed by atoms with Crippen LogP contribution in [0.25, 0.3) is 0 Å². The molecular formula is C11H18O3. The summed E-state index contributed by atoms with van der Waals surface area (Å²) in [4.78, 5) is 0. The highest BCUT2D eigenvalue weighted by atomic mass is 16.8. The Hall–Kier alpha value is -0.380. The molecule has 0 N–H and O–H groups in total. The highest BCUT2D eigenvalue weighted by Gasteiger charge is 2.53. The van der Waals surface area contributed by atoms with Gasteiger partial charge in [0.05, 0.1) is 6.10 Å². The average molecular weight is 198 g/mol. The molecule has 0 aromatic rings. The molecule has 0 aliphatic carbocycles. The largest absolute Gasteiger partial charge is 0.365 e. The van der Waals surface area contributed by atoms with Crippen molar-refractivity contribution in [3.63, 3.8) is 0 Å². The van der Waals surface area contributed by atoms with E-state index in [-0.39, 0.29) is 24.4 Å². The lowest BCUT2D eigenvalue weighted by Gasteiger charge is -2.22. The van der Waals surface area contributed by atoms with Gasteiger partial charge in [0.25, 0.3) is 0 Å². The molecule has 0 saturated carbocycles. The van der Waals surface area contributed by atoms with E-state index in [9.17, 15) is 0 Å². The smallest absolute Gasteiger partial charge is 0.164 e. The maximum atomic E-state index is 5.81. The van der Waals surface area contributed by atoms with Crippen molar-refractivity contribution >= 4 is 0 Å². The number of rotatable bonds is 2. The Balaban J connectivity index is 2.16. The molecule has 4 atom stereocenters. The first-order valence-electron chi connectivity index (χ1n) is 5.21. The van der Waals surface area contributed by atoms with Gasteiger partial charge < -0.3 is 14.2 Å². The first kappa shape index (κ1) is 10.1. The molecule has 3 heteroatoms. The lowest BCUT2D eigenvalue weighted by Crippen LogP contribution is -2.28. The molecule has 2 rings (SSSR count). The van der Waals surface area contributed by atoms with Gasteiger partial charge in [-0.2, -0.15) is 0 Å². The molecule has 0 amide bonds. The SMILES string of the molecule is C=C[C@H]1O[C@@H](CC)[C@@H]2OC(C)(C)O[C@@H]21. The van der Waals surface area contributed by atoms with Crippen molar-refractivity contribution in [2.24, 2.45) is 0 Å². The third-order valence-electron chi connectivity index (χ3n) is 2.82. The van der Waals surface area contributed by atoms with E-state index in [0.29, 0.717) is 0 Å². The number of hydrogen-bond donors (Lipinski definition) is 0. The molecule has 0 radical (unpaired) electrons. The molecule has 0 aromatic carbocycles. The van der Waals surface area contributed by atoms with Gasteiger partial charge >= 0.3 is 0 Å². The summed E-state index contributed by atoms with van der Waals surface area (Å²) in [5.74, 6) is -0.478. The molecule has 2 aliphatic heterocycles. The molecule has 0 spiro atoms. The zero-order valence-corrected chi connectivity index (χ0v) is 9.03. The van der Waals surface area contributed by atoms with Crippen molar-refractivity contribution in [1.29, 1.82) is 0 Å². The fraction of sp³-hybridized carbons (Fsp3) is 0.818. The average Bonchev–Trinajstić information content (AvgIpc) is 2.57. The first-order chi connectivity index (χ1) is 6.57. The van der Waals surface area contributed by atoms with Crippen LogP contribution in [0.2, 0.25) is 0 Å². The number of ether oxygens (including phenoxy) is 3. The molecule has 2 heterocycles. The van der Waals surface area contributed by atoms with Gasteiger partial charge in [-0.15, -0.1) is 6.58 Å². The molecule has 14 heavy (non-hydrogen) atoms. The van der Waals surface area contributed by atoms with Crippen molar-refractivity contribution in [3.05, 3.63) is 12.7 Å². The molecular weight excluding hydrogens is 180 g/mol. The lowest BCUT2D eigenvalue weighted by molar-refractivity contribution is -0.182. The summed E-state index contributed by atoms with van der Waals surface area (Å²) in [5.41, 5.74) is 0. The maximum Gasteiger partial charge on any atom is 0.164 e. The van der Waals surface area contributed by atoms with E-state index >= 15 is 0 Å². The van der Waals surface area contributed by atoms with E-state index in [1.54, 1.807) is 6.08 Å². The van der Waals surface area contributed by atoms with Gasteiger partial charge in [0, 0.05) is 0 Å². The first-order valence-corrected chi connectivity index (χ1v) is 5.21. The highest BCUT2D eigenvalue weighted by Crippen LogP contribution is 2.39. The second kappa shape index (κ2) is 3.33. The summed E-state index contributed by atoms with van der Waals surface area (Å²) in [6, 6.07) is 0. The Kier molecular flexibility index (Phi) is 2.41. The number of fused-ring (bicyclic) bond motifs is 1. The van der Waals surface area contributed by atoms with Gasteiger partial charge in [-0.3, -0.25) is 0 Å². The zero-order valence-electron chi connectivity index (χ0n) is 9.03. The Morgan fingerprint density at radius 2 is 1.93 bits per heavy atom. The van der Waals surface area contributed by atoms with E-state index in [2.05, 4.69) is 13.5 Å². The van der Waals surface area contributed by atoms with Crippen LogP contribution in [0.4, 0.5) is 0 Å². The summed E-state index contributed by atoms with van der Waals surface area (Å²) < 4.78 is 17.4. The molecule has 2 fully saturated rings. The second-order valence-electron chi connectivity index (χ2n) is 4.35. The molecule has 0 unspecified atom stereocenters. The Morgan fingerprint density at radius 3 is 2.50 bits per heavy atom. The van der Waals surface area contributed by atoms with Crippen molar-refractivity contribution < 1.29 is 14.2 Å². The Bertz CT molecular complexity index is 237. The minimum atomic E-state index is -0.478. The summed E-state index contributed by atoms with van der Waals surface area (Å²) in [6.45, 7) is 9.74. The predicted octanol–water partition coefficient (Wildman–Crippen LogP) is 1.87. The summed E-state index contributed by atoms with van der Waals surface area (Å²) in [5, 5.41) is 0. The molecule has 2 saturated heterocycles. The third-order valence-corrected chi connectivity index (χ3v) is 2.82. The molecule has 3 nitrogen and oxygen atoms in total. The molecule has 0 bridgehead atoms. The van der Waals surface area contributed by atoms with Crippen LogP contribution in [0.15, 0.2) is 12.7 Å². The van der Waals surface area contributed by atoms with Gasteiger partial charge in [-0.25, -0.2) is 0 Å². The second-order valence-corrected chi connectivity index (χ2v) is 4.35. The van der Waals surface area contributed by atoms with E-state index in [4.69, 9.17) is 14.2 Å². The molecule has 2 aliphatic rings. The van der Waals surface area contributed by atoms with E-state index in [0.717, 1.165) is 6.42 Å². The van der Waals surface area contributed by atoms with Crippen LogP contribution in [-0.4, -0.2) is 30.2 Å². The molecule has 80 valence electrons. The Morgan fingerprint density at radius 1 is 1.29 bits per heavy atom. The van der Waals surface area contributed by atoms with Gasteiger partial charge in [0.15, 0.2) is 5.79 Å². The normalized spacial score (nSPS) is 45.1. The van der Waals surface area contributed by atoms with Crippen LogP contribution in [0.5, 0.6) is 0 Å². The van der Waals surface area contributed by atoms with E-state index < -0.39 is 5.79 Å². The van der Waals surface area contributed by atoms with Crippen molar-refractivity contribution in [2.45, 2.75) is 57.4 Å². The van der Waals surface area contributed by atoms with Gasteiger partial charge in [0.2, 0.25) is 0 Å². The summed E-state index contributed by atoms with van der Waals surface area (Å²) >= 11 is 0. The zero-order chi connectivity index (χ0) is 10.3. The third kappa shape index (κ3) is 1.49. The topological polar surface area (TPSA) is 27.7 Å². The summed E-state index contributed by atoms with van der Waals surface area (Å²) in [6.07, 6.45) is 2.96. The quantitative estimate of drug-likeness (QED) is 0.634. The van der Waals surface area contributed by atoms with Crippen LogP contribution in [-0.2, 0) is 14.2 Å². The van der Waals surface area contributed by atoms with Crippen molar-refractivity contribution in [3.8, 4) is 0 Å². The van der Waals surface area contributed by atoms with Gasteiger partial charge in [0.1, 0.15) is 18.3 Å². The van der Waals surface area contributed by atoms with Crippen LogP contribution >= 0.6 is 0 Å². The fourth-order valence-corrected chi connectivity index (χ4v) is 2.23.